The van der Waals surface area contributed by atoms with Gasteiger partial charge < -0.3 is 14.8 Å². The van der Waals surface area contributed by atoms with Gasteiger partial charge in [-0.2, -0.15) is 4.98 Å². The zero-order valence-corrected chi connectivity index (χ0v) is 13.2. The first-order chi connectivity index (χ1) is 10.1. The highest BCUT2D eigenvalue weighted by Crippen LogP contribution is 2.30. The highest BCUT2D eigenvalue weighted by Gasteiger charge is 2.21. The zero-order chi connectivity index (χ0) is 15.4. The second-order valence-electron chi connectivity index (χ2n) is 4.53. The van der Waals surface area contributed by atoms with Gasteiger partial charge in [0.25, 0.3) is 0 Å². The summed E-state index contributed by atoms with van der Waals surface area (Å²) in [4.78, 5) is 8.70. The molecule has 5 nitrogen and oxygen atoms in total. The van der Waals surface area contributed by atoms with Crippen molar-refractivity contribution in [3.05, 3.63) is 46.2 Å². The molecule has 0 amide bonds. The van der Waals surface area contributed by atoms with Crippen molar-refractivity contribution >= 4 is 11.6 Å². The highest BCUT2D eigenvalue weighted by atomic mass is 35.5. The van der Waals surface area contributed by atoms with Crippen molar-refractivity contribution < 1.29 is 9.47 Å². The van der Waals surface area contributed by atoms with E-state index in [0.29, 0.717) is 22.5 Å². The van der Waals surface area contributed by atoms with Gasteiger partial charge in [-0.1, -0.05) is 17.7 Å². The van der Waals surface area contributed by atoms with Crippen molar-refractivity contribution in [1.29, 1.82) is 0 Å². The fourth-order valence-corrected chi connectivity index (χ4v) is 2.44. The maximum atomic E-state index is 6.02. The first-order valence-corrected chi connectivity index (χ1v) is 6.86. The van der Waals surface area contributed by atoms with Crippen LogP contribution in [0.4, 0.5) is 0 Å². The van der Waals surface area contributed by atoms with Crippen molar-refractivity contribution in [2.45, 2.75) is 13.0 Å². The lowest BCUT2D eigenvalue weighted by molar-refractivity contribution is 0.353. The van der Waals surface area contributed by atoms with E-state index in [0.717, 1.165) is 11.1 Å². The predicted octanol–water partition coefficient (Wildman–Crippen LogP) is 2.76. The first-order valence-electron chi connectivity index (χ1n) is 6.49. The number of aryl methyl sites for hydroxylation is 1. The maximum Gasteiger partial charge on any atom is 0.240 e. The Labute approximate surface area is 129 Å². The van der Waals surface area contributed by atoms with Gasteiger partial charge >= 0.3 is 0 Å². The van der Waals surface area contributed by atoms with Crippen LogP contribution in [0.3, 0.4) is 0 Å². The SMILES string of the molecule is CNC(c1ccc(Cl)cc1C)c1ncc(OC)nc1OC. The van der Waals surface area contributed by atoms with Gasteiger partial charge in [0.05, 0.1) is 26.5 Å². The Morgan fingerprint density at radius 2 is 2.00 bits per heavy atom. The molecule has 0 aliphatic rings. The lowest BCUT2D eigenvalue weighted by atomic mass is 9.99. The fraction of sp³-hybridized carbons (Fsp3) is 0.333. The van der Waals surface area contributed by atoms with Crippen LogP contribution in [0.1, 0.15) is 22.9 Å². The van der Waals surface area contributed by atoms with Crippen molar-refractivity contribution in [2.24, 2.45) is 0 Å². The van der Waals surface area contributed by atoms with E-state index >= 15 is 0 Å². The molecule has 1 N–H and O–H groups in total. The Morgan fingerprint density at radius 3 is 2.57 bits per heavy atom. The van der Waals surface area contributed by atoms with E-state index in [-0.39, 0.29) is 6.04 Å². The van der Waals surface area contributed by atoms with Crippen LogP contribution in [0, 0.1) is 6.92 Å². The number of ether oxygens (including phenoxy) is 2. The molecule has 0 saturated heterocycles. The summed E-state index contributed by atoms with van der Waals surface area (Å²) in [5, 5.41) is 3.95. The Morgan fingerprint density at radius 1 is 1.24 bits per heavy atom. The monoisotopic (exact) mass is 307 g/mol. The van der Waals surface area contributed by atoms with E-state index < -0.39 is 0 Å². The number of methoxy groups -OCH3 is 2. The van der Waals surface area contributed by atoms with E-state index in [4.69, 9.17) is 21.1 Å². The van der Waals surface area contributed by atoms with Gasteiger partial charge in [0.2, 0.25) is 11.8 Å². The van der Waals surface area contributed by atoms with Gasteiger partial charge in [0, 0.05) is 5.02 Å². The van der Waals surface area contributed by atoms with Gasteiger partial charge in [-0.05, 0) is 37.2 Å². The van der Waals surface area contributed by atoms with Gasteiger partial charge in [-0.15, -0.1) is 0 Å². The summed E-state index contributed by atoms with van der Waals surface area (Å²) in [6, 6.07) is 5.61. The minimum Gasteiger partial charge on any atom is -0.480 e. The van der Waals surface area contributed by atoms with Gasteiger partial charge in [0.15, 0.2) is 0 Å². The summed E-state index contributed by atoms with van der Waals surface area (Å²) < 4.78 is 10.4. The molecule has 1 aromatic carbocycles. The molecule has 112 valence electrons. The molecule has 0 spiro atoms. The fourth-order valence-electron chi connectivity index (χ4n) is 2.22. The minimum absolute atomic E-state index is 0.143. The van der Waals surface area contributed by atoms with E-state index in [2.05, 4.69) is 15.3 Å². The molecule has 0 bridgehead atoms. The van der Waals surface area contributed by atoms with E-state index in [1.807, 2.05) is 32.2 Å². The molecule has 0 aliphatic heterocycles. The number of nitrogens with one attached hydrogen (secondary N) is 1. The van der Waals surface area contributed by atoms with Gasteiger partial charge in [0.1, 0.15) is 5.69 Å². The highest BCUT2D eigenvalue weighted by molar-refractivity contribution is 6.30. The minimum atomic E-state index is -0.143. The molecule has 0 aliphatic carbocycles. The summed E-state index contributed by atoms with van der Waals surface area (Å²) in [6.07, 6.45) is 1.58. The van der Waals surface area contributed by atoms with Crippen LogP contribution < -0.4 is 14.8 Å². The number of aromatic nitrogens is 2. The largest absolute Gasteiger partial charge is 0.480 e. The molecule has 1 unspecified atom stereocenters. The standard InChI is InChI=1S/C15H18ClN3O2/c1-9-7-10(16)5-6-11(9)13(17-2)14-15(21-4)19-12(20-3)8-18-14/h5-8,13,17H,1-4H3. The van der Waals surface area contributed by atoms with Crippen LogP contribution in [0.5, 0.6) is 11.8 Å². The summed E-state index contributed by atoms with van der Waals surface area (Å²) in [6.45, 7) is 2.01. The number of nitrogens with zero attached hydrogens (tertiary/aromatic N) is 2. The molecule has 1 aromatic heterocycles. The smallest absolute Gasteiger partial charge is 0.240 e. The Hall–Kier alpha value is -1.85. The molecule has 1 heterocycles. The molecule has 0 radical (unpaired) electrons. The van der Waals surface area contributed by atoms with Crippen LogP contribution in [0.2, 0.25) is 5.02 Å². The number of hydrogen-bond donors (Lipinski definition) is 1. The lowest BCUT2D eigenvalue weighted by Gasteiger charge is -2.20. The summed E-state index contributed by atoms with van der Waals surface area (Å²) in [5.41, 5.74) is 2.84. The molecular weight excluding hydrogens is 290 g/mol. The van der Waals surface area contributed by atoms with Crippen LogP contribution in [-0.4, -0.2) is 31.2 Å². The summed E-state index contributed by atoms with van der Waals surface area (Å²) >= 11 is 6.02. The molecule has 0 saturated carbocycles. The van der Waals surface area contributed by atoms with E-state index in [1.54, 1.807) is 20.4 Å². The van der Waals surface area contributed by atoms with Gasteiger partial charge in [-0.25, -0.2) is 4.98 Å². The van der Waals surface area contributed by atoms with Gasteiger partial charge in [-0.3, -0.25) is 0 Å². The van der Waals surface area contributed by atoms with E-state index in [9.17, 15) is 0 Å². The third kappa shape index (κ3) is 3.25. The average Bonchev–Trinajstić information content (AvgIpc) is 2.50. The zero-order valence-electron chi connectivity index (χ0n) is 12.5. The number of rotatable bonds is 5. The second kappa shape index (κ2) is 6.74. The lowest BCUT2D eigenvalue weighted by Crippen LogP contribution is -2.21. The third-order valence-electron chi connectivity index (χ3n) is 3.25. The quantitative estimate of drug-likeness (QED) is 0.920. The maximum absolute atomic E-state index is 6.02. The molecule has 6 heteroatoms. The molecular formula is C15H18ClN3O2. The topological polar surface area (TPSA) is 56.3 Å². The summed E-state index contributed by atoms with van der Waals surface area (Å²) in [7, 11) is 4.97. The Balaban J connectivity index is 2.50. The molecule has 21 heavy (non-hydrogen) atoms. The normalized spacial score (nSPS) is 12.0. The average molecular weight is 308 g/mol. The number of halogens is 1. The van der Waals surface area contributed by atoms with Crippen LogP contribution in [0.25, 0.3) is 0 Å². The van der Waals surface area contributed by atoms with Crippen LogP contribution in [0.15, 0.2) is 24.4 Å². The van der Waals surface area contributed by atoms with Crippen molar-refractivity contribution in [3.8, 4) is 11.8 Å². The Bertz CT molecular complexity index is 634. The van der Waals surface area contributed by atoms with Crippen molar-refractivity contribution in [1.82, 2.24) is 15.3 Å². The molecule has 0 fully saturated rings. The molecule has 2 aromatic rings. The van der Waals surface area contributed by atoms with Crippen LogP contribution >= 0.6 is 11.6 Å². The first kappa shape index (κ1) is 15.5. The second-order valence-corrected chi connectivity index (χ2v) is 4.97. The summed E-state index contributed by atoms with van der Waals surface area (Å²) in [5.74, 6) is 0.848. The Kier molecular flexibility index (Phi) is 4.98. The number of hydrogen-bond acceptors (Lipinski definition) is 5. The predicted molar refractivity (Wildman–Crippen MR) is 82.2 cm³/mol. The third-order valence-corrected chi connectivity index (χ3v) is 3.49. The van der Waals surface area contributed by atoms with E-state index in [1.165, 1.54) is 0 Å². The number of benzene rings is 1. The molecule has 2 rings (SSSR count). The van der Waals surface area contributed by atoms with Crippen molar-refractivity contribution in [3.63, 3.8) is 0 Å². The van der Waals surface area contributed by atoms with Crippen LogP contribution in [-0.2, 0) is 0 Å². The van der Waals surface area contributed by atoms with Crippen molar-refractivity contribution in [2.75, 3.05) is 21.3 Å². The molecule has 1 atom stereocenters.